The van der Waals surface area contributed by atoms with E-state index in [0.717, 1.165) is 48.4 Å². The standard InChI is InChI=1S/C27H37N3O2/c1-20(2)21-12-6-9-15-24(21)32-19-11-18-30-23-14-8-7-13-22(23)29-25(30)16-10-17-28-26(31)27(3,4)5/h6-9,12-15,20H,10-11,16-19H2,1-5H3,(H,28,31). The van der Waals surface area contributed by atoms with Crippen LogP contribution in [0.25, 0.3) is 11.0 Å². The monoisotopic (exact) mass is 435 g/mol. The third kappa shape index (κ3) is 6.12. The zero-order chi connectivity index (χ0) is 23.1. The molecule has 3 rings (SSSR count). The Hall–Kier alpha value is -2.82. The summed E-state index contributed by atoms with van der Waals surface area (Å²) in [4.78, 5) is 17.0. The second-order valence-corrected chi connectivity index (χ2v) is 9.67. The number of imidazole rings is 1. The van der Waals surface area contributed by atoms with Crippen molar-refractivity contribution in [1.82, 2.24) is 14.9 Å². The molecule has 1 amide bonds. The van der Waals surface area contributed by atoms with Gasteiger partial charge in [0.15, 0.2) is 0 Å². The highest BCUT2D eigenvalue weighted by Crippen LogP contribution is 2.26. The van der Waals surface area contributed by atoms with Gasteiger partial charge >= 0.3 is 0 Å². The Bertz CT molecular complexity index is 1030. The number of carbonyl (C=O) groups excluding carboxylic acids is 1. The average Bonchev–Trinajstić information content (AvgIpc) is 3.11. The second-order valence-electron chi connectivity index (χ2n) is 9.67. The Balaban J connectivity index is 1.60. The summed E-state index contributed by atoms with van der Waals surface area (Å²) in [6.45, 7) is 12.4. The Morgan fingerprint density at radius 2 is 1.78 bits per heavy atom. The number of benzene rings is 2. The molecule has 0 spiro atoms. The fourth-order valence-corrected chi connectivity index (χ4v) is 3.77. The van der Waals surface area contributed by atoms with Gasteiger partial charge in [-0.2, -0.15) is 0 Å². The molecule has 3 aromatic rings. The molecule has 1 aromatic heterocycles. The molecular weight excluding hydrogens is 398 g/mol. The highest BCUT2D eigenvalue weighted by atomic mass is 16.5. The molecule has 2 aromatic carbocycles. The number of aryl methyl sites for hydroxylation is 2. The summed E-state index contributed by atoms with van der Waals surface area (Å²) >= 11 is 0. The fraction of sp³-hybridized carbons (Fsp3) is 0.481. The molecule has 0 atom stereocenters. The smallest absolute Gasteiger partial charge is 0.225 e. The van der Waals surface area contributed by atoms with E-state index in [0.29, 0.717) is 19.1 Å². The number of ether oxygens (including phenoxy) is 1. The average molecular weight is 436 g/mol. The predicted molar refractivity (Wildman–Crippen MR) is 131 cm³/mol. The summed E-state index contributed by atoms with van der Waals surface area (Å²) in [5.74, 6) is 2.57. The summed E-state index contributed by atoms with van der Waals surface area (Å²) < 4.78 is 8.43. The zero-order valence-corrected chi connectivity index (χ0v) is 20.1. The molecular formula is C27H37N3O2. The van der Waals surface area contributed by atoms with Crippen molar-refractivity contribution >= 4 is 16.9 Å². The number of hydrogen-bond acceptors (Lipinski definition) is 3. The van der Waals surface area contributed by atoms with Crippen molar-refractivity contribution < 1.29 is 9.53 Å². The SMILES string of the molecule is CC(C)c1ccccc1OCCCn1c(CCCNC(=O)C(C)(C)C)nc2ccccc21. The minimum absolute atomic E-state index is 0.0878. The van der Waals surface area contributed by atoms with Crippen LogP contribution in [-0.2, 0) is 17.8 Å². The molecule has 0 bridgehead atoms. The molecule has 1 N–H and O–H groups in total. The van der Waals surface area contributed by atoms with Crippen LogP contribution in [0, 0.1) is 5.41 Å². The molecule has 172 valence electrons. The Labute approximate surface area is 192 Å². The zero-order valence-electron chi connectivity index (χ0n) is 20.1. The third-order valence-corrected chi connectivity index (χ3v) is 5.60. The number of nitrogens with one attached hydrogen (secondary N) is 1. The molecule has 5 nitrogen and oxygen atoms in total. The van der Waals surface area contributed by atoms with Crippen LogP contribution in [0.2, 0.25) is 0 Å². The van der Waals surface area contributed by atoms with Crippen LogP contribution in [0.3, 0.4) is 0 Å². The Morgan fingerprint density at radius 3 is 2.53 bits per heavy atom. The quantitative estimate of drug-likeness (QED) is 0.414. The van der Waals surface area contributed by atoms with Gasteiger partial charge in [0.25, 0.3) is 0 Å². The molecule has 0 saturated carbocycles. The molecule has 0 aliphatic rings. The van der Waals surface area contributed by atoms with Crippen molar-refractivity contribution in [2.45, 2.75) is 66.3 Å². The number of nitrogens with zero attached hydrogens (tertiary/aromatic N) is 2. The van der Waals surface area contributed by atoms with E-state index in [2.05, 4.69) is 60.1 Å². The first-order valence-electron chi connectivity index (χ1n) is 11.7. The van der Waals surface area contributed by atoms with Crippen LogP contribution in [0.15, 0.2) is 48.5 Å². The van der Waals surface area contributed by atoms with Crippen molar-refractivity contribution in [2.75, 3.05) is 13.2 Å². The lowest BCUT2D eigenvalue weighted by atomic mass is 9.96. The van der Waals surface area contributed by atoms with Gasteiger partial charge in [-0.25, -0.2) is 4.98 Å². The van der Waals surface area contributed by atoms with E-state index in [4.69, 9.17) is 9.72 Å². The predicted octanol–water partition coefficient (Wildman–Crippen LogP) is 5.72. The maximum atomic E-state index is 12.1. The number of hydrogen-bond donors (Lipinski definition) is 1. The highest BCUT2D eigenvalue weighted by molar-refractivity contribution is 5.81. The van der Waals surface area contributed by atoms with E-state index in [9.17, 15) is 4.79 Å². The van der Waals surface area contributed by atoms with Gasteiger partial charge in [-0.05, 0) is 42.5 Å². The maximum Gasteiger partial charge on any atom is 0.225 e. The van der Waals surface area contributed by atoms with Crippen molar-refractivity contribution in [2.24, 2.45) is 5.41 Å². The van der Waals surface area contributed by atoms with Crippen LogP contribution in [0.1, 0.15) is 64.8 Å². The second kappa shape index (κ2) is 10.7. The van der Waals surface area contributed by atoms with E-state index >= 15 is 0 Å². The minimum atomic E-state index is -0.360. The lowest BCUT2D eigenvalue weighted by Gasteiger charge is -2.17. The number of carbonyl (C=O) groups is 1. The molecule has 0 aliphatic heterocycles. The van der Waals surface area contributed by atoms with Crippen molar-refractivity contribution in [1.29, 1.82) is 0 Å². The van der Waals surface area contributed by atoms with Crippen LogP contribution < -0.4 is 10.1 Å². The maximum absolute atomic E-state index is 12.1. The Kier molecular flexibility index (Phi) is 7.94. The topological polar surface area (TPSA) is 56.1 Å². The molecule has 1 heterocycles. The van der Waals surface area contributed by atoms with Gasteiger partial charge in [0.1, 0.15) is 11.6 Å². The largest absolute Gasteiger partial charge is 0.493 e. The van der Waals surface area contributed by atoms with Crippen molar-refractivity contribution in [3.63, 3.8) is 0 Å². The number of fused-ring (bicyclic) bond motifs is 1. The summed E-state index contributed by atoms with van der Waals surface area (Å²) in [5.41, 5.74) is 3.07. The summed E-state index contributed by atoms with van der Waals surface area (Å²) in [7, 11) is 0. The van der Waals surface area contributed by atoms with Crippen LogP contribution in [0.4, 0.5) is 0 Å². The number of para-hydroxylation sites is 3. The van der Waals surface area contributed by atoms with Gasteiger partial charge in [0, 0.05) is 24.9 Å². The minimum Gasteiger partial charge on any atom is -0.493 e. The van der Waals surface area contributed by atoms with E-state index in [-0.39, 0.29) is 11.3 Å². The molecule has 5 heteroatoms. The first kappa shape index (κ1) is 23.8. The molecule has 0 saturated heterocycles. The summed E-state index contributed by atoms with van der Waals surface area (Å²) in [6, 6.07) is 16.6. The van der Waals surface area contributed by atoms with E-state index in [1.54, 1.807) is 0 Å². The van der Waals surface area contributed by atoms with Crippen LogP contribution >= 0.6 is 0 Å². The number of rotatable bonds is 10. The van der Waals surface area contributed by atoms with Gasteiger partial charge in [0.05, 0.1) is 17.6 Å². The van der Waals surface area contributed by atoms with Crippen molar-refractivity contribution in [3.8, 4) is 5.75 Å². The van der Waals surface area contributed by atoms with Gasteiger partial charge in [-0.1, -0.05) is 65.0 Å². The van der Waals surface area contributed by atoms with E-state index < -0.39 is 0 Å². The first-order valence-corrected chi connectivity index (χ1v) is 11.7. The third-order valence-electron chi connectivity index (χ3n) is 5.60. The lowest BCUT2D eigenvalue weighted by molar-refractivity contribution is -0.128. The van der Waals surface area contributed by atoms with E-state index in [1.807, 2.05) is 32.9 Å². The fourth-order valence-electron chi connectivity index (χ4n) is 3.77. The number of aromatic nitrogens is 2. The van der Waals surface area contributed by atoms with Gasteiger partial charge in [-0.15, -0.1) is 0 Å². The van der Waals surface area contributed by atoms with Gasteiger partial charge in [0.2, 0.25) is 5.91 Å². The van der Waals surface area contributed by atoms with Crippen molar-refractivity contribution in [3.05, 3.63) is 59.9 Å². The Morgan fingerprint density at radius 1 is 1.06 bits per heavy atom. The summed E-state index contributed by atoms with van der Waals surface area (Å²) in [6.07, 6.45) is 2.60. The molecule has 0 unspecified atom stereocenters. The highest BCUT2D eigenvalue weighted by Gasteiger charge is 2.20. The van der Waals surface area contributed by atoms with Crippen LogP contribution in [0.5, 0.6) is 5.75 Å². The number of amides is 1. The molecule has 0 aliphatic carbocycles. The first-order chi connectivity index (χ1) is 15.3. The summed E-state index contributed by atoms with van der Waals surface area (Å²) in [5, 5.41) is 3.03. The molecule has 0 fully saturated rings. The van der Waals surface area contributed by atoms with Gasteiger partial charge < -0.3 is 14.6 Å². The molecule has 0 radical (unpaired) electrons. The van der Waals surface area contributed by atoms with E-state index in [1.165, 1.54) is 5.56 Å². The van der Waals surface area contributed by atoms with Gasteiger partial charge in [-0.3, -0.25) is 4.79 Å². The lowest BCUT2D eigenvalue weighted by Crippen LogP contribution is -2.35. The molecule has 32 heavy (non-hydrogen) atoms. The normalized spacial score (nSPS) is 11.8. The van der Waals surface area contributed by atoms with Crippen LogP contribution in [-0.4, -0.2) is 28.6 Å².